The quantitative estimate of drug-likeness (QED) is 0.829. The lowest BCUT2D eigenvalue weighted by Gasteiger charge is -2.14. The molecule has 2 aromatic heterocycles. The van der Waals surface area contributed by atoms with Crippen LogP contribution in [0, 0.1) is 13.8 Å². The molecule has 4 heteroatoms. The number of hydrogen-bond acceptors (Lipinski definition) is 4. The van der Waals surface area contributed by atoms with Crippen molar-refractivity contribution in [1.29, 1.82) is 0 Å². The van der Waals surface area contributed by atoms with Crippen molar-refractivity contribution < 1.29 is 0 Å². The topological polar surface area (TPSA) is 64.7 Å². The van der Waals surface area contributed by atoms with Gasteiger partial charge in [-0.25, -0.2) is 9.97 Å². The Morgan fingerprint density at radius 3 is 2.89 bits per heavy atom. The molecular weight excluding hydrogens is 224 g/mol. The molecule has 2 aromatic rings. The second kappa shape index (κ2) is 4.05. The van der Waals surface area contributed by atoms with Crippen LogP contribution in [0.15, 0.2) is 18.3 Å². The predicted octanol–water partition coefficient (Wildman–Crippen LogP) is 2.15. The third-order valence-corrected chi connectivity index (χ3v) is 3.62. The minimum Gasteiger partial charge on any atom is -0.383 e. The highest BCUT2D eigenvalue weighted by molar-refractivity contribution is 5.46. The average Bonchev–Trinajstić information content (AvgIpc) is 2.77. The molecule has 0 amide bonds. The summed E-state index contributed by atoms with van der Waals surface area (Å²) in [5.41, 5.74) is 10.4. The molecular formula is C14H16N4. The highest BCUT2D eigenvalue weighted by atomic mass is 15.0. The van der Waals surface area contributed by atoms with E-state index in [-0.39, 0.29) is 5.92 Å². The SMILES string of the molecule is Cc1nc(N)c(C)c(C2CCc3cccnc32)n1. The summed E-state index contributed by atoms with van der Waals surface area (Å²) in [6, 6.07) is 4.14. The van der Waals surface area contributed by atoms with E-state index in [2.05, 4.69) is 21.0 Å². The maximum absolute atomic E-state index is 5.94. The van der Waals surface area contributed by atoms with Crippen LogP contribution in [0.2, 0.25) is 0 Å². The van der Waals surface area contributed by atoms with Crippen molar-refractivity contribution >= 4 is 5.82 Å². The van der Waals surface area contributed by atoms with Crippen molar-refractivity contribution in [3.05, 3.63) is 46.7 Å². The molecule has 0 fully saturated rings. The number of aryl methyl sites for hydroxylation is 2. The van der Waals surface area contributed by atoms with Crippen LogP contribution < -0.4 is 5.73 Å². The van der Waals surface area contributed by atoms with Crippen LogP contribution in [0.3, 0.4) is 0 Å². The molecule has 1 aliphatic carbocycles. The van der Waals surface area contributed by atoms with E-state index in [0.717, 1.165) is 35.6 Å². The van der Waals surface area contributed by atoms with Gasteiger partial charge in [-0.15, -0.1) is 0 Å². The number of nitrogens with zero attached hydrogens (tertiary/aromatic N) is 3. The van der Waals surface area contributed by atoms with Gasteiger partial charge in [-0.1, -0.05) is 6.07 Å². The van der Waals surface area contributed by atoms with Crippen molar-refractivity contribution in [2.24, 2.45) is 0 Å². The monoisotopic (exact) mass is 240 g/mol. The smallest absolute Gasteiger partial charge is 0.130 e. The maximum Gasteiger partial charge on any atom is 0.130 e. The molecule has 0 saturated carbocycles. The summed E-state index contributed by atoms with van der Waals surface area (Å²) in [5.74, 6) is 1.59. The van der Waals surface area contributed by atoms with E-state index in [1.165, 1.54) is 5.56 Å². The first-order valence-electron chi connectivity index (χ1n) is 6.21. The second-order valence-electron chi connectivity index (χ2n) is 4.81. The molecule has 2 heterocycles. The fraction of sp³-hybridized carbons (Fsp3) is 0.357. The molecule has 2 N–H and O–H groups in total. The van der Waals surface area contributed by atoms with Gasteiger partial charge < -0.3 is 5.73 Å². The van der Waals surface area contributed by atoms with Crippen LogP contribution in [0.4, 0.5) is 5.82 Å². The lowest BCUT2D eigenvalue weighted by Crippen LogP contribution is -2.09. The lowest BCUT2D eigenvalue weighted by molar-refractivity contribution is 0.729. The number of anilines is 1. The van der Waals surface area contributed by atoms with Crippen LogP contribution in [-0.2, 0) is 6.42 Å². The van der Waals surface area contributed by atoms with E-state index >= 15 is 0 Å². The van der Waals surface area contributed by atoms with E-state index in [4.69, 9.17) is 5.73 Å². The van der Waals surface area contributed by atoms with Gasteiger partial charge in [0.2, 0.25) is 0 Å². The summed E-state index contributed by atoms with van der Waals surface area (Å²) < 4.78 is 0. The summed E-state index contributed by atoms with van der Waals surface area (Å²) in [6.45, 7) is 3.87. The zero-order valence-electron chi connectivity index (χ0n) is 10.6. The molecule has 0 radical (unpaired) electrons. The van der Waals surface area contributed by atoms with Crippen LogP contribution in [0.1, 0.15) is 40.7 Å². The summed E-state index contributed by atoms with van der Waals surface area (Å²) in [4.78, 5) is 13.3. The van der Waals surface area contributed by atoms with E-state index in [1.54, 1.807) is 0 Å². The molecule has 1 unspecified atom stereocenters. The second-order valence-corrected chi connectivity index (χ2v) is 4.81. The summed E-state index contributed by atoms with van der Waals surface area (Å²) >= 11 is 0. The third kappa shape index (κ3) is 1.65. The van der Waals surface area contributed by atoms with E-state index in [9.17, 15) is 0 Å². The maximum atomic E-state index is 5.94. The van der Waals surface area contributed by atoms with Crippen molar-refractivity contribution in [2.45, 2.75) is 32.6 Å². The molecule has 1 aliphatic rings. The van der Waals surface area contributed by atoms with Gasteiger partial charge in [-0.05, 0) is 38.3 Å². The van der Waals surface area contributed by atoms with Crippen LogP contribution >= 0.6 is 0 Å². The van der Waals surface area contributed by atoms with Crippen molar-refractivity contribution in [1.82, 2.24) is 15.0 Å². The first-order chi connectivity index (χ1) is 8.66. The van der Waals surface area contributed by atoms with E-state index < -0.39 is 0 Å². The van der Waals surface area contributed by atoms with Gasteiger partial charge in [0.05, 0.1) is 11.4 Å². The molecule has 4 nitrogen and oxygen atoms in total. The molecule has 92 valence electrons. The van der Waals surface area contributed by atoms with Gasteiger partial charge in [0.25, 0.3) is 0 Å². The normalized spacial score (nSPS) is 17.8. The fourth-order valence-electron chi connectivity index (χ4n) is 2.69. The molecule has 1 atom stereocenters. The molecule has 0 aliphatic heterocycles. The number of nitrogen functional groups attached to an aromatic ring is 1. The minimum atomic E-state index is 0.269. The summed E-state index contributed by atoms with van der Waals surface area (Å²) in [5, 5.41) is 0. The van der Waals surface area contributed by atoms with Gasteiger partial charge in [0, 0.05) is 17.7 Å². The molecule has 0 aromatic carbocycles. The average molecular weight is 240 g/mol. The van der Waals surface area contributed by atoms with E-state index in [1.807, 2.05) is 26.1 Å². The van der Waals surface area contributed by atoms with Crippen LogP contribution in [0.25, 0.3) is 0 Å². The Labute approximate surface area is 106 Å². The zero-order valence-corrected chi connectivity index (χ0v) is 10.6. The predicted molar refractivity (Wildman–Crippen MR) is 70.3 cm³/mol. The Hall–Kier alpha value is -1.97. The van der Waals surface area contributed by atoms with Crippen molar-refractivity contribution in [2.75, 3.05) is 5.73 Å². The first-order valence-corrected chi connectivity index (χ1v) is 6.21. The molecule has 3 rings (SSSR count). The van der Waals surface area contributed by atoms with Gasteiger partial charge in [-0.3, -0.25) is 4.98 Å². The molecule has 0 saturated heterocycles. The summed E-state index contributed by atoms with van der Waals surface area (Å²) in [7, 11) is 0. The summed E-state index contributed by atoms with van der Waals surface area (Å²) in [6.07, 6.45) is 3.98. The van der Waals surface area contributed by atoms with Gasteiger partial charge in [-0.2, -0.15) is 0 Å². The number of nitrogens with two attached hydrogens (primary N) is 1. The largest absolute Gasteiger partial charge is 0.383 e. The Bertz CT molecular complexity index is 607. The van der Waals surface area contributed by atoms with Crippen molar-refractivity contribution in [3.63, 3.8) is 0 Å². The Morgan fingerprint density at radius 1 is 1.22 bits per heavy atom. The highest BCUT2D eigenvalue weighted by Gasteiger charge is 2.28. The minimum absolute atomic E-state index is 0.269. The van der Waals surface area contributed by atoms with Crippen molar-refractivity contribution in [3.8, 4) is 0 Å². The number of fused-ring (bicyclic) bond motifs is 1. The first kappa shape index (κ1) is 11.1. The van der Waals surface area contributed by atoms with Gasteiger partial charge in [0.15, 0.2) is 0 Å². The van der Waals surface area contributed by atoms with Gasteiger partial charge in [0.1, 0.15) is 11.6 Å². The number of aromatic nitrogens is 3. The Morgan fingerprint density at radius 2 is 2.06 bits per heavy atom. The Balaban J connectivity index is 2.13. The van der Waals surface area contributed by atoms with Crippen LogP contribution in [-0.4, -0.2) is 15.0 Å². The fourth-order valence-corrected chi connectivity index (χ4v) is 2.69. The lowest BCUT2D eigenvalue weighted by atomic mass is 9.98. The molecule has 18 heavy (non-hydrogen) atoms. The van der Waals surface area contributed by atoms with E-state index in [0.29, 0.717) is 5.82 Å². The van der Waals surface area contributed by atoms with Gasteiger partial charge >= 0.3 is 0 Å². The van der Waals surface area contributed by atoms with Crippen LogP contribution in [0.5, 0.6) is 0 Å². The molecule has 0 bridgehead atoms. The number of rotatable bonds is 1. The highest BCUT2D eigenvalue weighted by Crippen LogP contribution is 2.37. The zero-order chi connectivity index (χ0) is 12.7. The number of hydrogen-bond donors (Lipinski definition) is 1. The number of pyridine rings is 1. The third-order valence-electron chi connectivity index (χ3n) is 3.62. The standard InChI is InChI=1S/C14H16N4/c1-8-12(17-9(2)18-14(8)15)11-6-5-10-4-3-7-16-13(10)11/h3-4,7,11H,5-6H2,1-2H3,(H2,15,17,18). The Kier molecular flexibility index (Phi) is 2.51. The molecule has 0 spiro atoms.